The van der Waals surface area contributed by atoms with Gasteiger partial charge < -0.3 is 0 Å². The Morgan fingerprint density at radius 3 is 2.57 bits per heavy atom. The molecule has 0 rings (SSSR count). The first kappa shape index (κ1) is 6.03. The summed E-state index contributed by atoms with van der Waals surface area (Å²) in [5.41, 5.74) is 1.23. The molecule has 0 aliphatic heterocycles. The Bertz CT molecular complexity index is 81.0. The second-order valence-corrected chi connectivity index (χ2v) is 0.822. The van der Waals surface area contributed by atoms with Crippen LogP contribution < -0.4 is 5.48 Å². The van der Waals surface area contributed by atoms with E-state index in [0.29, 0.717) is 0 Å². The highest BCUT2D eigenvalue weighted by molar-refractivity contribution is 5.76. The predicted octanol–water partition coefficient (Wildman–Crippen LogP) is -0.742. The van der Waals surface area contributed by atoms with Crippen molar-refractivity contribution in [1.29, 1.82) is 0 Å². The van der Waals surface area contributed by atoms with Gasteiger partial charge in [-0.2, -0.15) is 4.91 Å². The van der Waals surface area contributed by atoms with Crippen molar-refractivity contribution in [3.63, 3.8) is 0 Å². The topological polar surface area (TPSA) is 78.8 Å². The van der Waals surface area contributed by atoms with E-state index < -0.39 is 12.5 Å². The largest absolute Gasteiger partial charge is 0.289 e. The highest BCUT2D eigenvalue weighted by atomic mass is 16.5. The Morgan fingerprint density at radius 2 is 2.43 bits per heavy atom. The van der Waals surface area contributed by atoms with Crippen molar-refractivity contribution in [1.82, 2.24) is 5.48 Å². The third-order valence-electron chi connectivity index (χ3n) is 0.333. The quantitative estimate of drug-likeness (QED) is 0.275. The first-order valence-electron chi connectivity index (χ1n) is 1.53. The van der Waals surface area contributed by atoms with Gasteiger partial charge in [0.15, 0.2) is 6.54 Å². The molecule has 7 heavy (non-hydrogen) atoms. The van der Waals surface area contributed by atoms with Crippen LogP contribution in [0.5, 0.6) is 0 Å². The van der Waals surface area contributed by atoms with Crippen LogP contribution in [0.15, 0.2) is 5.18 Å². The number of hydrogen-bond acceptors (Lipinski definition) is 4. The summed E-state index contributed by atoms with van der Waals surface area (Å²) in [6.07, 6.45) is 0. The van der Waals surface area contributed by atoms with E-state index in [1.54, 1.807) is 0 Å². The predicted molar refractivity (Wildman–Crippen MR) is 20.6 cm³/mol. The highest BCUT2D eigenvalue weighted by Gasteiger charge is 1.93. The monoisotopic (exact) mass is 104 g/mol. The summed E-state index contributed by atoms with van der Waals surface area (Å²) in [7, 11) is 0. The zero-order chi connectivity index (χ0) is 5.70. The summed E-state index contributed by atoms with van der Waals surface area (Å²) >= 11 is 0. The van der Waals surface area contributed by atoms with Crippen LogP contribution in [0.25, 0.3) is 0 Å². The zero-order valence-electron chi connectivity index (χ0n) is 3.42. The van der Waals surface area contributed by atoms with Crippen molar-refractivity contribution >= 4 is 5.91 Å². The molecule has 40 valence electrons. The molecule has 0 saturated heterocycles. The zero-order valence-corrected chi connectivity index (χ0v) is 3.42. The van der Waals surface area contributed by atoms with Crippen LogP contribution in [-0.4, -0.2) is 17.7 Å². The van der Waals surface area contributed by atoms with Crippen molar-refractivity contribution in [3.05, 3.63) is 4.91 Å². The Balaban J connectivity index is 3.17. The molecule has 0 fully saturated rings. The molecule has 0 aromatic heterocycles. The van der Waals surface area contributed by atoms with Crippen molar-refractivity contribution in [2.45, 2.75) is 0 Å². The molecule has 2 N–H and O–H groups in total. The molecular weight excluding hydrogens is 100 g/mol. The van der Waals surface area contributed by atoms with Crippen LogP contribution in [0.3, 0.4) is 0 Å². The number of nitrogens with one attached hydrogen (secondary N) is 1. The second-order valence-electron chi connectivity index (χ2n) is 0.822. The van der Waals surface area contributed by atoms with Crippen LogP contribution in [0.1, 0.15) is 0 Å². The lowest BCUT2D eigenvalue weighted by Gasteiger charge is -1.84. The summed E-state index contributed by atoms with van der Waals surface area (Å²) < 4.78 is 0. The molecule has 0 radical (unpaired) electrons. The van der Waals surface area contributed by atoms with Gasteiger partial charge in [0.25, 0.3) is 5.91 Å². The molecule has 0 aliphatic rings. The van der Waals surface area contributed by atoms with Gasteiger partial charge in [-0.15, -0.1) is 0 Å². The van der Waals surface area contributed by atoms with Crippen LogP contribution in [0, 0.1) is 4.91 Å². The van der Waals surface area contributed by atoms with Crippen LogP contribution in [-0.2, 0) is 4.79 Å². The van der Waals surface area contributed by atoms with E-state index in [-0.39, 0.29) is 0 Å². The van der Waals surface area contributed by atoms with E-state index in [4.69, 9.17) is 10.1 Å². The number of carbonyl (C=O) groups is 1. The van der Waals surface area contributed by atoms with Gasteiger partial charge in [-0.3, -0.25) is 10.0 Å². The molecule has 0 heterocycles. The summed E-state index contributed by atoms with van der Waals surface area (Å²) in [5.74, 6) is -0.796. The summed E-state index contributed by atoms with van der Waals surface area (Å²) in [4.78, 5) is 18.9. The number of amides is 1. The maximum absolute atomic E-state index is 9.76. The lowest BCUT2D eigenvalue weighted by molar-refractivity contribution is -0.127. The number of rotatable bonds is 2. The molecular formula is C2H4N2O3. The molecule has 0 unspecified atom stereocenters. The Labute approximate surface area is 39.3 Å². The van der Waals surface area contributed by atoms with Crippen LogP contribution >= 0.6 is 0 Å². The van der Waals surface area contributed by atoms with Crippen LogP contribution in [0.2, 0.25) is 0 Å². The summed E-state index contributed by atoms with van der Waals surface area (Å²) in [6.45, 7) is -0.531. The highest BCUT2D eigenvalue weighted by Crippen LogP contribution is 1.63. The maximum atomic E-state index is 9.76. The Morgan fingerprint density at radius 1 is 1.86 bits per heavy atom. The minimum Gasteiger partial charge on any atom is -0.289 e. The fraction of sp³-hybridized carbons (Fsp3) is 0.500. The number of hydroxylamine groups is 1. The molecule has 0 aromatic rings. The first-order chi connectivity index (χ1) is 3.31. The molecule has 0 aromatic carbocycles. The van der Waals surface area contributed by atoms with Gasteiger partial charge in [-0.25, -0.2) is 5.48 Å². The average molecular weight is 104 g/mol. The smallest absolute Gasteiger partial charge is 0.268 e. The van der Waals surface area contributed by atoms with E-state index in [0.717, 1.165) is 0 Å². The minimum atomic E-state index is -0.796. The fourth-order valence-electron chi connectivity index (χ4n) is 0.0940. The first-order valence-corrected chi connectivity index (χ1v) is 1.53. The van der Waals surface area contributed by atoms with E-state index in [1.165, 1.54) is 5.48 Å². The van der Waals surface area contributed by atoms with Crippen LogP contribution in [0.4, 0.5) is 0 Å². The molecule has 0 atom stereocenters. The number of nitrogens with zero attached hydrogens (tertiary/aromatic N) is 1. The lowest BCUT2D eigenvalue weighted by Crippen LogP contribution is -2.20. The van der Waals surface area contributed by atoms with Crippen molar-refractivity contribution in [2.75, 3.05) is 6.54 Å². The minimum absolute atomic E-state index is 0.531. The van der Waals surface area contributed by atoms with Gasteiger partial charge in [0.2, 0.25) is 0 Å². The third-order valence-corrected chi connectivity index (χ3v) is 0.333. The van der Waals surface area contributed by atoms with Gasteiger partial charge >= 0.3 is 0 Å². The van der Waals surface area contributed by atoms with E-state index >= 15 is 0 Å². The molecule has 0 aliphatic carbocycles. The Kier molecular flexibility index (Phi) is 2.78. The van der Waals surface area contributed by atoms with Gasteiger partial charge in [0, 0.05) is 0 Å². The van der Waals surface area contributed by atoms with Gasteiger partial charge in [0.05, 0.1) is 0 Å². The lowest BCUT2D eigenvalue weighted by atomic mass is 10.7. The Hall–Kier alpha value is -0.970. The standard InChI is InChI=1S/C2H4N2O3/c5-2(4-7)1-3-6/h7H,1H2,(H,4,5). The number of carbonyl (C=O) groups excluding carboxylic acids is 1. The molecule has 5 nitrogen and oxygen atoms in total. The second kappa shape index (κ2) is 3.23. The van der Waals surface area contributed by atoms with E-state index in [1.807, 2.05) is 0 Å². The summed E-state index contributed by atoms with van der Waals surface area (Å²) in [5, 5.41) is 9.85. The molecule has 1 amide bonds. The molecule has 5 heteroatoms. The van der Waals surface area contributed by atoms with E-state index in [2.05, 4.69) is 5.18 Å². The van der Waals surface area contributed by atoms with E-state index in [9.17, 15) is 4.79 Å². The van der Waals surface area contributed by atoms with Gasteiger partial charge in [0.1, 0.15) is 0 Å². The van der Waals surface area contributed by atoms with Crippen molar-refractivity contribution in [3.8, 4) is 0 Å². The average Bonchev–Trinajstić information content (AvgIpc) is 1.68. The summed E-state index contributed by atoms with van der Waals surface area (Å²) in [6, 6.07) is 0. The molecule has 0 bridgehead atoms. The third kappa shape index (κ3) is 2.84. The van der Waals surface area contributed by atoms with Crippen molar-refractivity contribution in [2.24, 2.45) is 5.18 Å². The normalized spacial score (nSPS) is 7.57. The molecule has 0 saturated carbocycles. The maximum Gasteiger partial charge on any atom is 0.268 e. The van der Waals surface area contributed by atoms with Gasteiger partial charge in [-0.1, -0.05) is 5.18 Å². The van der Waals surface area contributed by atoms with Crippen molar-refractivity contribution < 1.29 is 10.0 Å². The number of nitroso groups, excluding NO2 is 1. The fourth-order valence-corrected chi connectivity index (χ4v) is 0.0940. The SMILES string of the molecule is O=NCC(=O)NO. The van der Waals surface area contributed by atoms with Gasteiger partial charge in [-0.05, 0) is 0 Å². The number of hydrogen-bond donors (Lipinski definition) is 2. The molecule has 0 spiro atoms.